The van der Waals surface area contributed by atoms with Gasteiger partial charge in [-0.3, -0.25) is 0 Å². The van der Waals surface area contributed by atoms with Crippen LogP contribution in [0.2, 0.25) is 0 Å². The minimum absolute atomic E-state index is 0.0797. The molecule has 1 atom stereocenters. The first-order valence-corrected chi connectivity index (χ1v) is 9.45. The summed E-state index contributed by atoms with van der Waals surface area (Å²) in [6, 6.07) is 4.51. The third-order valence-electron chi connectivity index (χ3n) is 3.13. The van der Waals surface area contributed by atoms with Crippen LogP contribution in [0.25, 0.3) is 0 Å². The molecule has 0 bridgehead atoms. The molecule has 0 saturated carbocycles. The number of carbonyl (C=O) groups is 1. The average molecular weight is 372 g/mol. The summed E-state index contributed by atoms with van der Waals surface area (Å²) < 4.78 is 43.0. The van der Waals surface area contributed by atoms with Crippen LogP contribution in [0.1, 0.15) is 27.7 Å². The van der Waals surface area contributed by atoms with Crippen molar-refractivity contribution in [2.45, 2.75) is 44.3 Å². The van der Waals surface area contributed by atoms with Crippen LogP contribution in [0.3, 0.4) is 0 Å². The van der Waals surface area contributed by atoms with E-state index in [0.717, 1.165) is 0 Å². The van der Waals surface area contributed by atoms with Crippen LogP contribution < -0.4 is 19.5 Å². The third-order valence-corrected chi connectivity index (χ3v) is 4.60. The second-order valence-corrected chi connectivity index (χ2v) is 8.40. The summed E-state index contributed by atoms with van der Waals surface area (Å²) in [6.07, 6.45) is -0.813. The summed E-state index contributed by atoms with van der Waals surface area (Å²) in [6.45, 7) is 7.78. The number of ether oxygens (including phenoxy) is 3. The molecule has 1 amide bonds. The van der Waals surface area contributed by atoms with Crippen LogP contribution in [0, 0.1) is 0 Å². The Morgan fingerprint density at radius 2 is 2.12 bits per heavy atom. The van der Waals surface area contributed by atoms with Crippen LogP contribution >= 0.6 is 0 Å². The van der Waals surface area contributed by atoms with Gasteiger partial charge in [-0.25, -0.2) is 17.9 Å². The number of hydrogen-bond acceptors (Lipinski definition) is 6. The lowest BCUT2D eigenvalue weighted by Gasteiger charge is -2.19. The van der Waals surface area contributed by atoms with Gasteiger partial charge in [0.15, 0.2) is 0 Å². The first-order valence-electron chi connectivity index (χ1n) is 7.97. The highest BCUT2D eigenvalue weighted by Gasteiger charge is 2.26. The lowest BCUT2D eigenvalue weighted by Crippen LogP contribution is -2.34. The van der Waals surface area contributed by atoms with E-state index in [4.69, 9.17) is 14.2 Å². The first kappa shape index (κ1) is 19.3. The molecule has 1 aliphatic heterocycles. The molecule has 140 valence electrons. The number of benzene rings is 1. The van der Waals surface area contributed by atoms with E-state index in [1.807, 2.05) is 0 Å². The highest BCUT2D eigenvalue weighted by molar-refractivity contribution is 7.89. The van der Waals surface area contributed by atoms with Gasteiger partial charge in [0.25, 0.3) is 0 Å². The molecule has 0 aromatic heterocycles. The van der Waals surface area contributed by atoms with Gasteiger partial charge in [0.1, 0.15) is 34.7 Å². The Hall–Kier alpha value is -2.00. The predicted octanol–water partition coefficient (Wildman–Crippen LogP) is 1.65. The van der Waals surface area contributed by atoms with Gasteiger partial charge in [0.2, 0.25) is 10.0 Å². The monoisotopic (exact) mass is 372 g/mol. The summed E-state index contributed by atoms with van der Waals surface area (Å²) in [7, 11) is -3.59. The van der Waals surface area contributed by atoms with E-state index in [9.17, 15) is 13.2 Å². The second-order valence-electron chi connectivity index (χ2n) is 6.67. The lowest BCUT2D eigenvalue weighted by atomic mass is 10.2. The van der Waals surface area contributed by atoms with Gasteiger partial charge >= 0.3 is 6.09 Å². The molecule has 1 heterocycles. The van der Waals surface area contributed by atoms with Crippen molar-refractivity contribution in [3.8, 4) is 11.5 Å². The standard InChI is InChI=1S/C16H24N2O6S/c1-11-10-18-25(20,21)14-6-5-12(9-13(14)23-11)22-8-7-17-15(19)24-16(2,3)4/h5-6,9,11,18H,7-8,10H2,1-4H3,(H,17,19)/t11-/m1/s1. The molecule has 2 N–H and O–H groups in total. The average Bonchev–Trinajstić information content (AvgIpc) is 2.58. The molecule has 1 aromatic carbocycles. The maximum Gasteiger partial charge on any atom is 0.407 e. The van der Waals surface area contributed by atoms with Crippen LogP contribution in [0.5, 0.6) is 11.5 Å². The molecule has 9 heteroatoms. The van der Waals surface area contributed by atoms with Crippen molar-refractivity contribution in [2.75, 3.05) is 19.7 Å². The van der Waals surface area contributed by atoms with E-state index in [1.165, 1.54) is 12.1 Å². The Balaban J connectivity index is 1.93. The molecule has 0 radical (unpaired) electrons. The number of sulfonamides is 1. The van der Waals surface area contributed by atoms with Gasteiger partial charge in [-0.1, -0.05) is 0 Å². The molecule has 0 fully saturated rings. The Labute approximate surface area is 147 Å². The van der Waals surface area contributed by atoms with E-state index in [0.29, 0.717) is 5.75 Å². The van der Waals surface area contributed by atoms with Gasteiger partial charge in [0, 0.05) is 12.6 Å². The summed E-state index contributed by atoms with van der Waals surface area (Å²) in [5.74, 6) is 0.698. The maximum atomic E-state index is 12.1. The Morgan fingerprint density at radius 3 is 2.80 bits per heavy atom. The van der Waals surface area contributed by atoms with Crippen LogP contribution in [0.15, 0.2) is 23.1 Å². The molecule has 0 unspecified atom stereocenters. The molecule has 0 saturated heterocycles. The number of rotatable bonds is 4. The van der Waals surface area contributed by atoms with Crippen molar-refractivity contribution in [3.63, 3.8) is 0 Å². The third kappa shape index (κ3) is 5.79. The quantitative estimate of drug-likeness (QED) is 0.779. The topological polar surface area (TPSA) is 103 Å². The summed E-state index contributed by atoms with van der Waals surface area (Å²) in [5, 5.41) is 2.58. The Bertz CT molecular complexity index is 727. The van der Waals surface area contributed by atoms with Crippen LogP contribution in [-0.2, 0) is 14.8 Å². The van der Waals surface area contributed by atoms with Crippen molar-refractivity contribution in [2.24, 2.45) is 0 Å². The smallest absolute Gasteiger partial charge is 0.407 e. The number of carbonyl (C=O) groups excluding carboxylic acids is 1. The summed E-state index contributed by atoms with van der Waals surface area (Å²) >= 11 is 0. The summed E-state index contributed by atoms with van der Waals surface area (Å²) in [4.78, 5) is 11.6. The van der Waals surface area contributed by atoms with Gasteiger partial charge < -0.3 is 19.5 Å². The maximum absolute atomic E-state index is 12.1. The zero-order valence-electron chi connectivity index (χ0n) is 14.8. The molecule has 0 spiro atoms. The number of fused-ring (bicyclic) bond motifs is 1. The van der Waals surface area contributed by atoms with Crippen molar-refractivity contribution < 1.29 is 27.4 Å². The Kier molecular flexibility index (Phi) is 5.79. The molecule has 8 nitrogen and oxygen atoms in total. The number of hydrogen-bond donors (Lipinski definition) is 2. The van der Waals surface area contributed by atoms with Crippen molar-refractivity contribution in [3.05, 3.63) is 18.2 Å². The highest BCUT2D eigenvalue weighted by Crippen LogP contribution is 2.31. The zero-order valence-corrected chi connectivity index (χ0v) is 15.6. The van der Waals surface area contributed by atoms with Gasteiger partial charge in [0.05, 0.1) is 6.54 Å². The molecule has 1 aliphatic rings. The molecule has 2 rings (SSSR count). The molecular formula is C16H24N2O6S. The van der Waals surface area contributed by atoms with E-state index in [-0.39, 0.29) is 36.4 Å². The van der Waals surface area contributed by atoms with Crippen molar-refractivity contribution in [1.29, 1.82) is 0 Å². The van der Waals surface area contributed by atoms with Crippen molar-refractivity contribution >= 4 is 16.1 Å². The molecule has 0 aliphatic carbocycles. The summed E-state index contributed by atoms with van der Waals surface area (Å²) in [5.41, 5.74) is -0.560. The fourth-order valence-corrected chi connectivity index (χ4v) is 3.32. The first-order chi connectivity index (χ1) is 11.6. The molecular weight excluding hydrogens is 348 g/mol. The van der Waals surface area contributed by atoms with E-state index >= 15 is 0 Å². The fraction of sp³-hybridized carbons (Fsp3) is 0.562. The van der Waals surface area contributed by atoms with Crippen LogP contribution in [-0.4, -0.2) is 45.9 Å². The largest absolute Gasteiger partial charge is 0.492 e. The normalized spacial score (nSPS) is 19.1. The zero-order chi connectivity index (χ0) is 18.7. The van der Waals surface area contributed by atoms with Gasteiger partial charge in [-0.05, 0) is 39.8 Å². The SMILES string of the molecule is C[C@@H]1CNS(=O)(=O)c2ccc(OCCNC(=O)OC(C)(C)C)cc2O1. The minimum Gasteiger partial charge on any atom is -0.492 e. The van der Waals surface area contributed by atoms with E-state index in [1.54, 1.807) is 33.8 Å². The van der Waals surface area contributed by atoms with E-state index < -0.39 is 21.7 Å². The molecule has 25 heavy (non-hydrogen) atoms. The molecule has 1 aromatic rings. The van der Waals surface area contributed by atoms with Crippen LogP contribution in [0.4, 0.5) is 4.79 Å². The fourth-order valence-electron chi connectivity index (χ4n) is 2.09. The van der Waals surface area contributed by atoms with Crippen molar-refractivity contribution in [1.82, 2.24) is 10.0 Å². The Morgan fingerprint density at radius 1 is 1.40 bits per heavy atom. The highest BCUT2D eigenvalue weighted by atomic mass is 32.2. The van der Waals surface area contributed by atoms with Gasteiger partial charge in [-0.2, -0.15) is 0 Å². The van der Waals surface area contributed by atoms with Gasteiger partial charge in [-0.15, -0.1) is 0 Å². The van der Waals surface area contributed by atoms with E-state index in [2.05, 4.69) is 10.0 Å². The number of amides is 1. The number of nitrogens with one attached hydrogen (secondary N) is 2. The predicted molar refractivity (Wildman–Crippen MR) is 91.5 cm³/mol. The second kappa shape index (κ2) is 7.49. The number of alkyl carbamates (subject to hydrolysis) is 1. The lowest BCUT2D eigenvalue weighted by molar-refractivity contribution is 0.0520. The minimum atomic E-state index is -3.59.